The first kappa shape index (κ1) is 14.8. The van der Waals surface area contributed by atoms with Crippen molar-refractivity contribution < 1.29 is 4.79 Å². The van der Waals surface area contributed by atoms with Crippen molar-refractivity contribution in [3.05, 3.63) is 52.8 Å². The molecule has 0 saturated heterocycles. The number of hydrogen-bond acceptors (Lipinski definition) is 3. The van der Waals surface area contributed by atoms with Crippen molar-refractivity contribution in [1.29, 1.82) is 0 Å². The zero-order valence-electron chi connectivity index (χ0n) is 12.2. The fraction of sp³-hybridized carbons (Fsp3) is 0.250. The molecule has 21 heavy (non-hydrogen) atoms. The molecule has 3 N–H and O–H groups in total. The Labute approximate surface area is 124 Å². The molecule has 1 aromatic carbocycles. The van der Waals surface area contributed by atoms with E-state index in [4.69, 9.17) is 5.73 Å². The fourth-order valence-electron chi connectivity index (χ4n) is 1.96. The molecule has 0 atom stereocenters. The first-order chi connectivity index (χ1) is 10.1. The highest BCUT2D eigenvalue weighted by Gasteiger charge is 2.07. The van der Waals surface area contributed by atoms with Gasteiger partial charge in [-0.05, 0) is 31.2 Å². The molecule has 2 rings (SSSR count). The highest BCUT2D eigenvalue weighted by Crippen LogP contribution is 2.06. The topological polar surface area (TPSA) is 72.9 Å². The van der Waals surface area contributed by atoms with E-state index in [0.29, 0.717) is 18.7 Å². The molecule has 0 aliphatic carbocycles. The van der Waals surface area contributed by atoms with Gasteiger partial charge in [0, 0.05) is 36.5 Å². The lowest BCUT2D eigenvalue weighted by Crippen LogP contribution is -2.22. The van der Waals surface area contributed by atoms with Crippen LogP contribution in [0.1, 0.15) is 27.2 Å². The molecule has 2 aromatic rings. The van der Waals surface area contributed by atoms with Crippen LogP contribution in [0.5, 0.6) is 0 Å². The van der Waals surface area contributed by atoms with Gasteiger partial charge in [0.05, 0.1) is 12.2 Å². The van der Waals surface area contributed by atoms with E-state index in [2.05, 4.69) is 22.3 Å². The van der Waals surface area contributed by atoms with Gasteiger partial charge in [0.2, 0.25) is 0 Å². The Morgan fingerprint density at radius 3 is 2.67 bits per heavy atom. The number of benzene rings is 1. The molecule has 0 aliphatic rings. The van der Waals surface area contributed by atoms with Gasteiger partial charge in [-0.1, -0.05) is 11.8 Å². The summed E-state index contributed by atoms with van der Waals surface area (Å²) < 4.78 is 1.74. The molecule has 0 saturated carbocycles. The summed E-state index contributed by atoms with van der Waals surface area (Å²) in [4.78, 5) is 12.1. The Morgan fingerprint density at radius 1 is 1.38 bits per heavy atom. The molecule has 5 heteroatoms. The number of aromatic nitrogens is 2. The molecule has 1 heterocycles. The number of carbonyl (C=O) groups is 1. The van der Waals surface area contributed by atoms with Gasteiger partial charge in [0.25, 0.3) is 5.91 Å². The molecule has 1 aromatic heterocycles. The summed E-state index contributed by atoms with van der Waals surface area (Å²) in [7, 11) is 1.86. The number of carbonyl (C=O) groups excluding carboxylic acids is 1. The van der Waals surface area contributed by atoms with Crippen LogP contribution in [-0.4, -0.2) is 22.2 Å². The average Bonchev–Trinajstić information content (AvgIpc) is 2.81. The van der Waals surface area contributed by atoms with Gasteiger partial charge >= 0.3 is 0 Å². The predicted molar refractivity (Wildman–Crippen MR) is 81.5 cm³/mol. The van der Waals surface area contributed by atoms with E-state index in [1.165, 1.54) is 0 Å². The molecule has 0 spiro atoms. The van der Waals surface area contributed by atoms with Crippen molar-refractivity contribution in [3.63, 3.8) is 0 Å². The zero-order valence-corrected chi connectivity index (χ0v) is 12.2. The van der Waals surface area contributed by atoms with Crippen molar-refractivity contribution >= 4 is 5.91 Å². The second-order valence-corrected chi connectivity index (χ2v) is 4.68. The van der Waals surface area contributed by atoms with Gasteiger partial charge < -0.3 is 11.1 Å². The van der Waals surface area contributed by atoms with Gasteiger partial charge in [-0.15, -0.1) is 0 Å². The van der Waals surface area contributed by atoms with Crippen LogP contribution >= 0.6 is 0 Å². The number of aryl methyl sites for hydroxylation is 2. The molecule has 0 fully saturated rings. The lowest BCUT2D eigenvalue weighted by atomic mass is 10.1. The maximum Gasteiger partial charge on any atom is 0.251 e. The third-order valence-electron chi connectivity index (χ3n) is 3.04. The lowest BCUT2D eigenvalue weighted by molar-refractivity contribution is 0.0951. The molecular weight excluding hydrogens is 264 g/mol. The van der Waals surface area contributed by atoms with Crippen LogP contribution in [0.2, 0.25) is 0 Å². The third-order valence-corrected chi connectivity index (χ3v) is 3.04. The number of rotatable bonds is 3. The van der Waals surface area contributed by atoms with Crippen molar-refractivity contribution in [2.45, 2.75) is 13.5 Å². The smallest absolute Gasteiger partial charge is 0.251 e. The Kier molecular flexibility index (Phi) is 4.75. The minimum Gasteiger partial charge on any atom is -0.348 e. The number of nitrogens with one attached hydrogen (secondary N) is 1. The number of nitrogens with zero attached hydrogens (tertiary/aromatic N) is 2. The van der Waals surface area contributed by atoms with Gasteiger partial charge in [-0.25, -0.2) is 0 Å². The number of amides is 1. The summed E-state index contributed by atoms with van der Waals surface area (Å²) in [6.07, 6.45) is 1.90. The van der Waals surface area contributed by atoms with Crippen LogP contribution in [0.25, 0.3) is 0 Å². The van der Waals surface area contributed by atoms with Crippen LogP contribution in [0, 0.1) is 18.8 Å². The summed E-state index contributed by atoms with van der Waals surface area (Å²) in [5.74, 6) is 5.58. The van der Waals surface area contributed by atoms with E-state index in [1.807, 2.05) is 32.3 Å². The molecule has 0 unspecified atom stereocenters. The second-order valence-electron chi connectivity index (χ2n) is 4.68. The average molecular weight is 282 g/mol. The van der Waals surface area contributed by atoms with Crippen LogP contribution in [-0.2, 0) is 13.6 Å². The largest absolute Gasteiger partial charge is 0.348 e. The molecule has 1 amide bonds. The minimum atomic E-state index is -0.114. The van der Waals surface area contributed by atoms with Crippen LogP contribution < -0.4 is 11.1 Å². The maximum absolute atomic E-state index is 12.1. The maximum atomic E-state index is 12.1. The Balaban J connectivity index is 1.98. The summed E-state index contributed by atoms with van der Waals surface area (Å²) in [6.45, 7) is 2.71. The predicted octanol–water partition coefficient (Wildman–Crippen LogP) is 0.969. The van der Waals surface area contributed by atoms with E-state index >= 15 is 0 Å². The summed E-state index contributed by atoms with van der Waals surface area (Å²) in [6, 6.07) is 7.14. The highest BCUT2D eigenvalue weighted by atomic mass is 16.1. The highest BCUT2D eigenvalue weighted by molar-refractivity contribution is 5.94. The van der Waals surface area contributed by atoms with Gasteiger partial charge in [-0.3, -0.25) is 9.48 Å². The molecule has 0 aliphatic heterocycles. The van der Waals surface area contributed by atoms with Gasteiger partial charge in [0.1, 0.15) is 0 Å². The number of nitrogens with two attached hydrogens (primary N) is 1. The van der Waals surface area contributed by atoms with Crippen molar-refractivity contribution in [3.8, 4) is 11.8 Å². The molecule has 5 nitrogen and oxygen atoms in total. The summed E-state index contributed by atoms with van der Waals surface area (Å²) in [5.41, 5.74) is 8.70. The van der Waals surface area contributed by atoms with Crippen LogP contribution in [0.3, 0.4) is 0 Å². The molecular formula is C16H18N4O. The Bertz CT molecular complexity index is 689. The zero-order chi connectivity index (χ0) is 15.2. The standard InChI is InChI=1S/C16H18N4O/c1-12-15(11-20(2)19-12)10-18-16(21)14-7-5-13(6-8-14)4-3-9-17/h5-8,11H,9-10,17H2,1-2H3,(H,18,21). The molecule has 0 bridgehead atoms. The SMILES string of the molecule is Cc1nn(C)cc1CNC(=O)c1ccc(C#CCN)cc1. The second kappa shape index (κ2) is 6.73. The summed E-state index contributed by atoms with van der Waals surface area (Å²) in [5, 5.41) is 7.13. The van der Waals surface area contributed by atoms with Crippen molar-refractivity contribution in [2.75, 3.05) is 6.54 Å². The normalized spacial score (nSPS) is 9.86. The lowest BCUT2D eigenvalue weighted by Gasteiger charge is -2.04. The fourth-order valence-corrected chi connectivity index (χ4v) is 1.96. The van der Waals surface area contributed by atoms with Gasteiger partial charge in [-0.2, -0.15) is 5.10 Å². The van der Waals surface area contributed by atoms with E-state index < -0.39 is 0 Å². The third kappa shape index (κ3) is 3.94. The molecule has 108 valence electrons. The quantitative estimate of drug-likeness (QED) is 0.824. The first-order valence-electron chi connectivity index (χ1n) is 6.66. The van der Waals surface area contributed by atoms with E-state index in [9.17, 15) is 4.79 Å². The van der Waals surface area contributed by atoms with Crippen LogP contribution in [0.15, 0.2) is 30.5 Å². The van der Waals surface area contributed by atoms with Gasteiger partial charge in [0.15, 0.2) is 0 Å². The minimum absolute atomic E-state index is 0.114. The van der Waals surface area contributed by atoms with Crippen molar-refractivity contribution in [1.82, 2.24) is 15.1 Å². The Hall–Kier alpha value is -2.58. The number of hydrogen-bond donors (Lipinski definition) is 2. The first-order valence-corrected chi connectivity index (χ1v) is 6.66. The van der Waals surface area contributed by atoms with Crippen molar-refractivity contribution in [2.24, 2.45) is 12.8 Å². The summed E-state index contributed by atoms with van der Waals surface area (Å²) >= 11 is 0. The molecule has 0 radical (unpaired) electrons. The van der Waals surface area contributed by atoms with E-state index in [0.717, 1.165) is 16.8 Å². The Morgan fingerprint density at radius 2 is 2.10 bits per heavy atom. The monoisotopic (exact) mass is 282 g/mol. The van der Waals surface area contributed by atoms with E-state index in [1.54, 1.807) is 16.8 Å². The van der Waals surface area contributed by atoms with E-state index in [-0.39, 0.29) is 5.91 Å². The van der Waals surface area contributed by atoms with Crippen LogP contribution in [0.4, 0.5) is 0 Å².